The number of hydrogen-bond donors (Lipinski definition) is 1. The minimum atomic E-state index is -0.465. The third-order valence-electron chi connectivity index (χ3n) is 2.78. The van der Waals surface area contributed by atoms with Crippen molar-refractivity contribution in [1.29, 1.82) is 0 Å². The fourth-order valence-corrected chi connectivity index (χ4v) is 1.55. The Kier molecular flexibility index (Phi) is 6.64. The Bertz CT molecular complexity index is 412. The highest BCUT2D eigenvalue weighted by Crippen LogP contribution is 2.06. The van der Waals surface area contributed by atoms with Crippen LogP contribution in [0.1, 0.15) is 42.6 Å². The smallest absolute Gasteiger partial charge is 0.338 e. The lowest BCUT2D eigenvalue weighted by molar-refractivity contribution is -0.124. The minimum absolute atomic E-state index is 0.224. The molecule has 0 aliphatic rings. The maximum absolute atomic E-state index is 11.7. The Morgan fingerprint density at radius 2 is 1.84 bits per heavy atom. The second-order valence-corrected chi connectivity index (χ2v) is 4.33. The van der Waals surface area contributed by atoms with Crippen LogP contribution >= 0.6 is 0 Å². The first-order valence-corrected chi connectivity index (χ1v) is 6.70. The Morgan fingerprint density at radius 3 is 2.42 bits per heavy atom. The molecule has 0 saturated carbocycles. The van der Waals surface area contributed by atoms with Crippen LogP contribution in [0, 0.1) is 0 Å². The molecule has 1 aromatic rings. The van der Waals surface area contributed by atoms with E-state index in [1.54, 1.807) is 12.1 Å². The van der Waals surface area contributed by atoms with E-state index in [0.29, 0.717) is 12.1 Å². The second-order valence-electron chi connectivity index (χ2n) is 4.33. The molecule has 0 atom stereocenters. The zero-order chi connectivity index (χ0) is 14.1. The molecule has 19 heavy (non-hydrogen) atoms. The molecule has 1 aromatic carbocycles. The van der Waals surface area contributed by atoms with Crippen LogP contribution < -0.4 is 5.32 Å². The standard InChI is InChI=1S/C15H21NO3/c1-3-5-10-16-14(17)11-19-15(18)13-8-6-12(4-2)7-9-13/h6-9H,3-5,10-11H2,1-2H3,(H,16,17). The monoisotopic (exact) mass is 263 g/mol. The van der Waals surface area contributed by atoms with Crippen molar-refractivity contribution in [3.05, 3.63) is 35.4 Å². The van der Waals surface area contributed by atoms with Gasteiger partial charge in [-0.05, 0) is 30.5 Å². The van der Waals surface area contributed by atoms with Crippen LogP contribution in [0.15, 0.2) is 24.3 Å². The topological polar surface area (TPSA) is 55.4 Å². The summed E-state index contributed by atoms with van der Waals surface area (Å²) >= 11 is 0. The van der Waals surface area contributed by atoms with Crippen molar-refractivity contribution in [3.63, 3.8) is 0 Å². The molecule has 0 spiro atoms. The highest BCUT2D eigenvalue weighted by atomic mass is 16.5. The zero-order valence-electron chi connectivity index (χ0n) is 11.6. The summed E-state index contributed by atoms with van der Waals surface area (Å²) in [5.74, 6) is -0.722. The van der Waals surface area contributed by atoms with E-state index in [2.05, 4.69) is 5.32 Å². The Morgan fingerprint density at radius 1 is 1.16 bits per heavy atom. The van der Waals surface area contributed by atoms with Crippen molar-refractivity contribution in [2.45, 2.75) is 33.1 Å². The SMILES string of the molecule is CCCCNC(=O)COC(=O)c1ccc(CC)cc1. The van der Waals surface area contributed by atoms with Crippen LogP contribution in [-0.4, -0.2) is 25.0 Å². The molecule has 104 valence electrons. The molecule has 0 heterocycles. The maximum atomic E-state index is 11.7. The second kappa shape index (κ2) is 8.29. The van der Waals surface area contributed by atoms with Gasteiger partial charge < -0.3 is 10.1 Å². The highest BCUT2D eigenvalue weighted by Gasteiger charge is 2.09. The number of nitrogens with one attached hydrogen (secondary N) is 1. The Labute approximate surface area is 114 Å². The van der Waals surface area contributed by atoms with Crippen molar-refractivity contribution in [1.82, 2.24) is 5.32 Å². The number of benzene rings is 1. The summed E-state index contributed by atoms with van der Waals surface area (Å²) in [6.07, 6.45) is 2.87. The lowest BCUT2D eigenvalue weighted by Gasteiger charge is -2.06. The van der Waals surface area contributed by atoms with E-state index >= 15 is 0 Å². The fourth-order valence-electron chi connectivity index (χ4n) is 1.55. The number of ether oxygens (including phenoxy) is 1. The van der Waals surface area contributed by atoms with Gasteiger partial charge in [-0.1, -0.05) is 32.4 Å². The van der Waals surface area contributed by atoms with Gasteiger partial charge >= 0.3 is 5.97 Å². The van der Waals surface area contributed by atoms with Gasteiger partial charge in [-0.25, -0.2) is 4.79 Å². The number of amides is 1. The lowest BCUT2D eigenvalue weighted by Crippen LogP contribution is -2.29. The summed E-state index contributed by atoms with van der Waals surface area (Å²) in [6.45, 7) is 4.50. The lowest BCUT2D eigenvalue weighted by atomic mass is 10.1. The van der Waals surface area contributed by atoms with Gasteiger partial charge in [-0.2, -0.15) is 0 Å². The molecule has 4 nitrogen and oxygen atoms in total. The van der Waals surface area contributed by atoms with Gasteiger partial charge in [0.05, 0.1) is 5.56 Å². The largest absolute Gasteiger partial charge is 0.452 e. The molecule has 1 rings (SSSR count). The fraction of sp³-hybridized carbons (Fsp3) is 0.467. The average molecular weight is 263 g/mol. The number of aryl methyl sites for hydroxylation is 1. The molecule has 0 aromatic heterocycles. The molecule has 0 aliphatic carbocycles. The van der Waals surface area contributed by atoms with E-state index in [1.807, 2.05) is 26.0 Å². The number of carbonyl (C=O) groups is 2. The van der Waals surface area contributed by atoms with Gasteiger partial charge in [0.1, 0.15) is 0 Å². The normalized spacial score (nSPS) is 10.0. The van der Waals surface area contributed by atoms with Crippen LogP contribution in [-0.2, 0) is 16.0 Å². The van der Waals surface area contributed by atoms with Crippen molar-refractivity contribution < 1.29 is 14.3 Å². The predicted molar refractivity (Wildman–Crippen MR) is 74.0 cm³/mol. The van der Waals surface area contributed by atoms with Crippen LogP contribution in [0.5, 0.6) is 0 Å². The number of hydrogen-bond acceptors (Lipinski definition) is 3. The van der Waals surface area contributed by atoms with Crippen molar-refractivity contribution >= 4 is 11.9 Å². The first-order chi connectivity index (χ1) is 9.17. The zero-order valence-corrected chi connectivity index (χ0v) is 11.6. The number of carbonyl (C=O) groups excluding carboxylic acids is 2. The molecule has 0 saturated heterocycles. The molecule has 0 radical (unpaired) electrons. The summed E-state index contributed by atoms with van der Waals surface area (Å²) in [7, 11) is 0. The molecule has 0 aliphatic heterocycles. The van der Waals surface area contributed by atoms with Gasteiger partial charge in [0.25, 0.3) is 5.91 Å². The van der Waals surface area contributed by atoms with Crippen LogP contribution in [0.3, 0.4) is 0 Å². The third kappa shape index (κ3) is 5.55. The molecule has 4 heteroatoms. The van der Waals surface area contributed by atoms with E-state index in [9.17, 15) is 9.59 Å². The number of rotatable bonds is 7. The summed E-state index contributed by atoms with van der Waals surface area (Å²) in [5, 5.41) is 2.69. The molecule has 1 N–H and O–H groups in total. The summed E-state index contributed by atoms with van der Waals surface area (Å²) in [5.41, 5.74) is 1.63. The average Bonchev–Trinajstić information content (AvgIpc) is 2.45. The first kappa shape index (κ1) is 15.2. The summed E-state index contributed by atoms with van der Waals surface area (Å²) in [4.78, 5) is 23.0. The van der Waals surface area contributed by atoms with Crippen LogP contribution in [0.25, 0.3) is 0 Å². The quantitative estimate of drug-likeness (QED) is 0.606. The van der Waals surface area contributed by atoms with Crippen molar-refractivity contribution in [3.8, 4) is 0 Å². The summed E-state index contributed by atoms with van der Waals surface area (Å²) < 4.78 is 4.94. The number of esters is 1. The first-order valence-electron chi connectivity index (χ1n) is 6.70. The third-order valence-corrected chi connectivity index (χ3v) is 2.78. The maximum Gasteiger partial charge on any atom is 0.338 e. The molecule has 0 unspecified atom stereocenters. The molecular formula is C15H21NO3. The molecule has 0 fully saturated rings. The van der Waals surface area contributed by atoms with Crippen molar-refractivity contribution in [2.75, 3.05) is 13.2 Å². The highest BCUT2D eigenvalue weighted by molar-refractivity contribution is 5.91. The molecule has 1 amide bonds. The molecular weight excluding hydrogens is 242 g/mol. The van der Waals surface area contributed by atoms with E-state index in [0.717, 1.165) is 24.8 Å². The van der Waals surface area contributed by atoms with Gasteiger partial charge in [0.2, 0.25) is 0 Å². The Balaban J connectivity index is 2.35. The molecule has 0 bridgehead atoms. The summed E-state index contributed by atoms with van der Waals surface area (Å²) in [6, 6.07) is 7.21. The van der Waals surface area contributed by atoms with Gasteiger partial charge in [-0.15, -0.1) is 0 Å². The number of unbranched alkanes of at least 4 members (excludes halogenated alkanes) is 1. The van der Waals surface area contributed by atoms with Gasteiger partial charge in [0.15, 0.2) is 6.61 Å². The van der Waals surface area contributed by atoms with E-state index in [-0.39, 0.29) is 12.5 Å². The van der Waals surface area contributed by atoms with E-state index in [1.165, 1.54) is 0 Å². The van der Waals surface area contributed by atoms with E-state index in [4.69, 9.17) is 4.74 Å². The van der Waals surface area contributed by atoms with Crippen LogP contribution in [0.2, 0.25) is 0 Å². The van der Waals surface area contributed by atoms with Gasteiger partial charge in [0, 0.05) is 6.54 Å². The van der Waals surface area contributed by atoms with E-state index < -0.39 is 5.97 Å². The Hall–Kier alpha value is -1.84. The predicted octanol–water partition coefficient (Wildman–Crippen LogP) is 2.32. The van der Waals surface area contributed by atoms with Crippen LogP contribution in [0.4, 0.5) is 0 Å². The minimum Gasteiger partial charge on any atom is -0.452 e. The van der Waals surface area contributed by atoms with Gasteiger partial charge in [-0.3, -0.25) is 4.79 Å². The van der Waals surface area contributed by atoms with Crippen molar-refractivity contribution in [2.24, 2.45) is 0 Å².